The molecule has 1 aromatic carbocycles. The van der Waals surface area contributed by atoms with Crippen LogP contribution in [0, 0.1) is 12.8 Å². The number of aryl methyl sites for hydroxylation is 1. The Kier molecular flexibility index (Phi) is 12.1. The molecule has 0 bridgehead atoms. The minimum absolute atomic E-state index is 0. The highest BCUT2D eigenvalue weighted by Gasteiger charge is 2.23. The predicted molar refractivity (Wildman–Crippen MR) is 140 cm³/mol. The van der Waals surface area contributed by atoms with Crippen LogP contribution in [-0.2, 0) is 16.0 Å². The second-order valence-electron chi connectivity index (χ2n) is 8.74. The molecule has 32 heavy (non-hydrogen) atoms. The third kappa shape index (κ3) is 8.35. The summed E-state index contributed by atoms with van der Waals surface area (Å²) in [6.07, 6.45) is 1.08. The highest BCUT2D eigenvalue weighted by Crippen LogP contribution is 2.23. The summed E-state index contributed by atoms with van der Waals surface area (Å²) in [7, 11) is 0. The van der Waals surface area contributed by atoms with Gasteiger partial charge < -0.3 is 24.8 Å². The number of halogens is 1. The summed E-state index contributed by atoms with van der Waals surface area (Å²) in [5.74, 6) is 2.26. The first-order chi connectivity index (χ1) is 15.1. The van der Waals surface area contributed by atoms with E-state index in [2.05, 4.69) is 61.4 Å². The topological polar surface area (TPSA) is 67.4 Å². The number of guanidine groups is 1. The molecule has 2 saturated heterocycles. The van der Waals surface area contributed by atoms with Crippen molar-refractivity contribution in [3.8, 4) is 5.75 Å². The maximum Gasteiger partial charge on any atom is 0.191 e. The molecule has 7 nitrogen and oxygen atoms in total. The van der Waals surface area contributed by atoms with E-state index in [9.17, 15) is 0 Å². The molecule has 8 heteroatoms. The van der Waals surface area contributed by atoms with Crippen LogP contribution in [0.5, 0.6) is 5.75 Å². The van der Waals surface area contributed by atoms with Gasteiger partial charge >= 0.3 is 0 Å². The van der Waals surface area contributed by atoms with Gasteiger partial charge in [0, 0.05) is 49.8 Å². The van der Waals surface area contributed by atoms with Crippen LogP contribution in [0.25, 0.3) is 0 Å². The van der Waals surface area contributed by atoms with Crippen LogP contribution in [0.3, 0.4) is 0 Å². The fourth-order valence-electron chi connectivity index (χ4n) is 4.11. The molecular formula is C24H41IN4O3. The fourth-order valence-corrected chi connectivity index (χ4v) is 4.11. The van der Waals surface area contributed by atoms with Gasteiger partial charge in [-0.25, -0.2) is 4.99 Å². The van der Waals surface area contributed by atoms with Gasteiger partial charge in [-0.05, 0) is 45.7 Å². The molecular weight excluding hydrogens is 519 g/mol. The van der Waals surface area contributed by atoms with E-state index in [1.807, 2.05) is 0 Å². The monoisotopic (exact) mass is 560 g/mol. The summed E-state index contributed by atoms with van der Waals surface area (Å²) in [6.45, 7) is 15.9. The normalized spacial score (nSPS) is 22.8. The Labute approximate surface area is 210 Å². The lowest BCUT2D eigenvalue weighted by Crippen LogP contribution is -2.53. The van der Waals surface area contributed by atoms with Gasteiger partial charge in [-0.2, -0.15) is 0 Å². The third-order valence-corrected chi connectivity index (χ3v) is 6.02. The molecule has 182 valence electrons. The van der Waals surface area contributed by atoms with Gasteiger partial charge in [-0.1, -0.05) is 12.1 Å². The molecule has 2 heterocycles. The van der Waals surface area contributed by atoms with Crippen LogP contribution >= 0.6 is 24.0 Å². The van der Waals surface area contributed by atoms with Crippen molar-refractivity contribution < 1.29 is 14.2 Å². The van der Waals surface area contributed by atoms with E-state index >= 15 is 0 Å². The highest BCUT2D eigenvalue weighted by atomic mass is 127. The lowest BCUT2D eigenvalue weighted by molar-refractivity contribution is -0.0174. The third-order valence-electron chi connectivity index (χ3n) is 6.02. The van der Waals surface area contributed by atoms with Gasteiger partial charge in [0.05, 0.1) is 33.0 Å². The van der Waals surface area contributed by atoms with Crippen LogP contribution in [0.1, 0.15) is 38.3 Å². The quantitative estimate of drug-likeness (QED) is 0.275. The molecule has 2 aliphatic rings. The first kappa shape index (κ1) is 27.1. The summed E-state index contributed by atoms with van der Waals surface area (Å²) < 4.78 is 17.2. The number of aliphatic imine (C=N–C) groups is 1. The Morgan fingerprint density at radius 3 is 2.78 bits per heavy atom. The Morgan fingerprint density at radius 2 is 2.06 bits per heavy atom. The lowest BCUT2D eigenvalue weighted by atomic mass is 10.1. The molecule has 1 aromatic rings. The van der Waals surface area contributed by atoms with Crippen molar-refractivity contribution in [2.24, 2.45) is 10.9 Å². The van der Waals surface area contributed by atoms with Gasteiger partial charge in [0.25, 0.3) is 0 Å². The lowest BCUT2D eigenvalue weighted by Gasteiger charge is -2.38. The van der Waals surface area contributed by atoms with Crippen LogP contribution in [-0.4, -0.2) is 75.6 Å². The number of benzene rings is 1. The zero-order chi connectivity index (χ0) is 22.1. The maximum atomic E-state index is 6.17. The molecule has 2 N–H and O–H groups in total. The maximum absolute atomic E-state index is 6.17. The van der Waals surface area contributed by atoms with Crippen molar-refractivity contribution in [3.63, 3.8) is 0 Å². The Bertz CT molecular complexity index is 712. The van der Waals surface area contributed by atoms with Crippen LogP contribution < -0.4 is 15.4 Å². The number of morpholine rings is 1. The number of ether oxygens (including phenoxy) is 3. The number of hydrogen-bond acceptors (Lipinski definition) is 5. The van der Waals surface area contributed by atoms with Gasteiger partial charge in [0.2, 0.25) is 0 Å². The number of rotatable bonds is 9. The van der Waals surface area contributed by atoms with Crippen molar-refractivity contribution in [1.82, 2.24) is 15.5 Å². The number of nitrogens with one attached hydrogen (secondary N) is 2. The van der Waals surface area contributed by atoms with E-state index in [1.54, 1.807) is 0 Å². The van der Waals surface area contributed by atoms with Crippen molar-refractivity contribution in [2.45, 2.75) is 52.7 Å². The minimum atomic E-state index is 0. The molecule has 3 atom stereocenters. The summed E-state index contributed by atoms with van der Waals surface area (Å²) >= 11 is 0. The van der Waals surface area contributed by atoms with E-state index in [4.69, 9.17) is 19.2 Å². The molecule has 2 aliphatic heterocycles. The molecule has 3 unspecified atom stereocenters. The fraction of sp³-hybridized carbons (Fsp3) is 0.708. The van der Waals surface area contributed by atoms with E-state index in [0.717, 1.165) is 69.8 Å². The Balaban J connectivity index is 0.00000363. The second kappa shape index (κ2) is 14.2. The zero-order valence-electron chi connectivity index (χ0n) is 20.1. The van der Waals surface area contributed by atoms with Crippen LogP contribution in [0.2, 0.25) is 0 Å². The summed E-state index contributed by atoms with van der Waals surface area (Å²) in [5, 5.41) is 6.88. The molecule has 0 spiro atoms. The molecule has 0 aliphatic carbocycles. The van der Waals surface area contributed by atoms with E-state index in [0.29, 0.717) is 31.2 Å². The van der Waals surface area contributed by atoms with Crippen molar-refractivity contribution in [1.29, 1.82) is 0 Å². The second-order valence-corrected chi connectivity index (χ2v) is 8.74. The predicted octanol–water partition coefficient (Wildman–Crippen LogP) is 3.19. The summed E-state index contributed by atoms with van der Waals surface area (Å²) in [5.41, 5.74) is 2.31. The zero-order valence-corrected chi connectivity index (χ0v) is 22.4. The highest BCUT2D eigenvalue weighted by molar-refractivity contribution is 14.0. The molecule has 0 radical (unpaired) electrons. The smallest absolute Gasteiger partial charge is 0.191 e. The largest absolute Gasteiger partial charge is 0.493 e. The molecule has 2 fully saturated rings. The first-order valence-corrected chi connectivity index (χ1v) is 11.7. The minimum Gasteiger partial charge on any atom is -0.493 e. The van der Waals surface area contributed by atoms with Crippen molar-refractivity contribution in [2.75, 3.05) is 52.7 Å². The van der Waals surface area contributed by atoms with E-state index < -0.39 is 0 Å². The first-order valence-electron chi connectivity index (χ1n) is 11.7. The molecule has 0 aromatic heterocycles. The average molecular weight is 561 g/mol. The molecule has 0 saturated carbocycles. The number of hydrogen-bond donors (Lipinski definition) is 2. The average Bonchev–Trinajstić information content (AvgIpc) is 3.29. The van der Waals surface area contributed by atoms with E-state index in [-0.39, 0.29) is 24.0 Å². The summed E-state index contributed by atoms with van der Waals surface area (Å²) in [6, 6.07) is 7.22. The van der Waals surface area contributed by atoms with Crippen LogP contribution in [0.15, 0.2) is 23.2 Å². The summed E-state index contributed by atoms with van der Waals surface area (Å²) in [4.78, 5) is 7.34. The van der Waals surface area contributed by atoms with E-state index in [1.165, 1.54) is 5.56 Å². The van der Waals surface area contributed by atoms with Gasteiger partial charge in [0.15, 0.2) is 5.96 Å². The van der Waals surface area contributed by atoms with Gasteiger partial charge in [-0.3, -0.25) is 4.90 Å². The SMILES string of the molecule is CCNC(=NCc1ccc(C)cc1OCC1CCOC1)NCC(C)N1CCOCC1C.I. The Hall–Kier alpha value is -1.10. The molecule has 0 amide bonds. The Morgan fingerprint density at radius 1 is 1.25 bits per heavy atom. The van der Waals surface area contributed by atoms with Gasteiger partial charge in [0.1, 0.15) is 5.75 Å². The standard InChI is InChI=1S/C24H40N4O3.HI/c1-5-25-24(26-13-19(3)28-9-11-30-15-20(28)4)27-14-22-7-6-18(2)12-23(22)31-17-21-8-10-29-16-21;/h6-7,12,19-21H,5,8-11,13-17H2,1-4H3,(H2,25,26,27);1H. The van der Waals surface area contributed by atoms with Crippen molar-refractivity contribution in [3.05, 3.63) is 29.3 Å². The van der Waals surface area contributed by atoms with Crippen molar-refractivity contribution >= 4 is 29.9 Å². The molecule has 3 rings (SSSR count). The van der Waals surface area contributed by atoms with Gasteiger partial charge in [-0.15, -0.1) is 24.0 Å². The number of nitrogens with zero attached hydrogens (tertiary/aromatic N) is 2. The van der Waals surface area contributed by atoms with Crippen LogP contribution in [0.4, 0.5) is 0 Å².